The molecule has 0 saturated carbocycles. The van der Waals surface area contributed by atoms with Crippen molar-refractivity contribution in [1.29, 1.82) is 0 Å². The molecule has 6 rings (SSSR count). The molecule has 2 aromatic carbocycles. The van der Waals surface area contributed by atoms with E-state index in [0.29, 0.717) is 39.4 Å². The lowest BCUT2D eigenvalue weighted by atomic mass is 9.88. The lowest BCUT2D eigenvalue weighted by Gasteiger charge is -2.18. The number of benzene rings is 2. The van der Waals surface area contributed by atoms with Gasteiger partial charge in [0, 0.05) is 10.4 Å². The molecule has 1 aliphatic heterocycles. The molecule has 1 aliphatic carbocycles. The highest BCUT2D eigenvalue weighted by atomic mass is 32.2. The third-order valence-corrected chi connectivity index (χ3v) is 9.07. The minimum atomic E-state index is -0.709. The fourth-order valence-corrected chi connectivity index (χ4v) is 7.12. The summed E-state index contributed by atoms with van der Waals surface area (Å²) < 4.78 is 22.2. The zero-order valence-corrected chi connectivity index (χ0v) is 23.6. The summed E-state index contributed by atoms with van der Waals surface area (Å²) in [6.07, 6.45) is 2.66. The average Bonchev–Trinajstić information content (AvgIpc) is 3.70. The van der Waals surface area contributed by atoms with Crippen LogP contribution in [0, 0.1) is 5.92 Å². The normalized spacial score (nSPS) is 16.3. The molecule has 0 radical (unpaired) electrons. The van der Waals surface area contributed by atoms with Gasteiger partial charge in [0.25, 0.3) is 5.22 Å². The SMILES string of the molecule is CCOC(=O)c1c(NC(=O)[C@@H](Sc2nnc(-c3ccc4c(c3)OCO4)o2)c2ccccc2)sc2c1CC[C@H](C)C2. The fraction of sp³-hybridized carbons (Fsp3) is 0.310. The largest absolute Gasteiger partial charge is 0.462 e. The molecule has 0 saturated heterocycles. The van der Waals surface area contributed by atoms with E-state index in [1.807, 2.05) is 36.4 Å². The molecular formula is C29H27N3O6S2. The van der Waals surface area contributed by atoms with E-state index in [2.05, 4.69) is 22.4 Å². The maximum Gasteiger partial charge on any atom is 0.341 e. The molecule has 40 heavy (non-hydrogen) atoms. The number of esters is 1. The van der Waals surface area contributed by atoms with Crippen molar-refractivity contribution in [3.8, 4) is 23.0 Å². The Labute approximate surface area is 239 Å². The standard InChI is InChI=1S/C29H27N3O6S2/c1-3-35-28(34)23-19-11-9-16(2)13-22(19)39-27(23)30-25(33)24(17-7-5-4-6-8-17)40-29-32-31-26(38-29)18-10-12-20-21(14-18)37-15-36-20/h4-8,10,12,14,16,24H,3,9,11,13,15H2,1-2H3,(H,30,33)/t16-,24-/m0/s1. The summed E-state index contributed by atoms with van der Waals surface area (Å²) in [6.45, 7) is 4.41. The molecule has 0 spiro atoms. The van der Waals surface area contributed by atoms with E-state index in [1.54, 1.807) is 19.1 Å². The summed E-state index contributed by atoms with van der Waals surface area (Å²) >= 11 is 2.61. The third kappa shape index (κ3) is 5.31. The highest BCUT2D eigenvalue weighted by Gasteiger charge is 2.32. The number of carbonyl (C=O) groups excluding carboxylic acids is 2. The summed E-state index contributed by atoms with van der Waals surface area (Å²) in [5, 5.41) is 11.5. The van der Waals surface area contributed by atoms with Crippen molar-refractivity contribution in [3.05, 3.63) is 70.1 Å². The smallest absolute Gasteiger partial charge is 0.341 e. The number of thioether (sulfide) groups is 1. The molecule has 0 bridgehead atoms. The monoisotopic (exact) mass is 577 g/mol. The number of fused-ring (bicyclic) bond motifs is 2. The number of rotatable bonds is 8. The van der Waals surface area contributed by atoms with Gasteiger partial charge in [0.1, 0.15) is 10.3 Å². The van der Waals surface area contributed by atoms with Crippen LogP contribution in [0.25, 0.3) is 11.5 Å². The summed E-state index contributed by atoms with van der Waals surface area (Å²) in [7, 11) is 0. The van der Waals surface area contributed by atoms with Gasteiger partial charge in [-0.3, -0.25) is 4.79 Å². The van der Waals surface area contributed by atoms with E-state index in [4.69, 9.17) is 18.6 Å². The number of amides is 1. The first-order valence-corrected chi connectivity index (χ1v) is 14.8. The van der Waals surface area contributed by atoms with E-state index in [1.165, 1.54) is 11.3 Å². The molecule has 2 aromatic heterocycles. The highest BCUT2D eigenvalue weighted by Crippen LogP contribution is 2.43. The molecule has 0 fully saturated rings. The van der Waals surface area contributed by atoms with E-state index >= 15 is 0 Å². The molecule has 11 heteroatoms. The van der Waals surface area contributed by atoms with Gasteiger partial charge in [-0.15, -0.1) is 21.5 Å². The lowest BCUT2D eigenvalue weighted by molar-refractivity contribution is -0.115. The maximum atomic E-state index is 13.8. The molecular weight excluding hydrogens is 550 g/mol. The van der Waals surface area contributed by atoms with Gasteiger partial charge in [0.15, 0.2) is 11.5 Å². The quantitative estimate of drug-likeness (QED) is 0.190. The number of nitrogens with one attached hydrogen (secondary N) is 1. The minimum absolute atomic E-state index is 0.168. The van der Waals surface area contributed by atoms with Crippen LogP contribution in [0.1, 0.15) is 51.9 Å². The number of aromatic nitrogens is 2. The molecule has 3 heterocycles. The van der Waals surface area contributed by atoms with Gasteiger partial charge in [-0.25, -0.2) is 4.79 Å². The highest BCUT2D eigenvalue weighted by molar-refractivity contribution is 8.00. The maximum absolute atomic E-state index is 13.8. The molecule has 1 N–H and O–H groups in total. The first kappa shape index (κ1) is 26.4. The number of thiophene rings is 1. The van der Waals surface area contributed by atoms with Crippen LogP contribution in [0.15, 0.2) is 58.2 Å². The van der Waals surface area contributed by atoms with Crippen LogP contribution >= 0.6 is 23.1 Å². The second-order valence-electron chi connectivity index (χ2n) is 9.62. The van der Waals surface area contributed by atoms with Crippen molar-refractivity contribution >= 4 is 40.0 Å². The topological polar surface area (TPSA) is 113 Å². The molecule has 4 aromatic rings. The minimum Gasteiger partial charge on any atom is -0.462 e. The van der Waals surface area contributed by atoms with Crippen LogP contribution in [0.3, 0.4) is 0 Å². The van der Waals surface area contributed by atoms with Crippen LogP contribution in [-0.4, -0.2) is 35.5 Å². The van der Waals surface area contributed by atoms with Crippen molar-refractivity contribution < 1.29 is 28.2 Å². The van der Waals surface area contributed by atoms with Gasteiger partial charge in [0.2, 0.25) is 18.6 Å². The predicted octanol–water partition coefficient (Wildman–Crippen LogP) is 6.30. The first-order chi connectivity index (χ1) is 19.5. The van der Waals surface area contributed by atoms with Crippen LogP contribution < -0.4 is 14.8 Å². The van der Waals surface area contributed by atoms with E-state index in [9.17, 15) is 9.59 Å². The van der Waals surface area contributed by atoms with Crippen LogP contribution in [0.2, 0.25) is 0 Å². The van der Waals surface area contributed by atoms with E-state index in [0.717, 1.165) is 47.0 Å². The van der Waals surface area contributed by atoms with Gasteiger partial charge in [-0.05, 0) is 73.2 Å². The van der Waals surface area contributed by atoms with Crippen molar-refractivity contribution in [2.75, 3.05) is 18.7 Å². The van der Waals surface area contributed by atoms with Crippen molar-refractivity contribution in [2.45, 2.75) is 43.6 Å². The van der Waals surface area contributed by atoms with Gasteiger partial charge in [-0.2, -0.15) is 0 Å². The second kappa shape index (κ2) is 11.3. The van der Waals surface area contributed by atoms with Gasteiger partial charge in [0.05, 0.1) is 12.2 Å². The Balaban J connectivity index is 1.28. The Kier molecular flexibility index (Phi) is 7.48. The Morgan fingerprint density at radius 1 is 1.15 bits per heavy atom. The van der Waals surface area contributed by atoms with Crippen LogP contribution in [-0.2, 0) is 22.4 Å². The number of ether oxygens (including phenoxy) is 3. The Morgan fingerprint density at radius 2 is 1.98 bits per heavy atom. The zero-order chi connectivity index (χ0) is 27.6. The first-order valence-electron chi connectivity index (χ1n) is 13.1. The Bertz CT molecular complexity index is 1550. The number of anilines is 1. The molecule has 0 unspecified atom stereocenters. The lowest BCUT2D eigenvalue weighted by Crippen LogP contribution is -2.20. The Hall–Kier alpha value is -3.83. The molecule has 2 atom stereocenters. The number of hydrogen-bond donors (Lipinski definition) is 1. The van der Waals surface area contributed by atoms with Gasteiger partial charge in [-0.1, -0.05) is 37.3 Å². The zero-order valence-electron chi connectivity index (χ0n) is 22.0. The fourth-order valence-electron chi connectivity index (χ4n) is 4.84. The summed E-state index contributed by atoms with van der Waals surface area (Å²) in [6, 6.07) is 14.8. The summed E-state index contributed by atoms with van der Waals surface area (Å²) in [5.74, 6) is 1.39. The van der Waals surface area contributed by atoms with Crippen molar-refractivity contribution in [1.82, 2.24) is 10.2 Å². The van der Waals surface area contributed by atoms with Crippen molar-refractivity contribution in [3.63, 3.8) is 0 Å². The Morgan fingerprint density at radius 3 is 2.80 bits per heavy atom. The average molecular weight is 578 g/mol. The summed E-state index contributed by atoms with van der Waals surface area (Å²) in [4.78, 5) is 27.9. The molecule has 1 amide bonds. The second-order valence-corrected chi connectivity index (χ2v) is 11.8. The van der Waals surface area contributed by atoms with E-state index < -0.39 is 11.2 Å². The van der Waals surface area contributed by atoms with Crippen LogP contribution in [0.4, 0.5) is 5.00 Å². The van der Waals surface area contributed by atoms with Crippen LogP contribution in [0.5, 0.6) is 11.5 Å². The van der Waals surface area contributed by atoms with Gasteiger partial charge >= 0.3 is 5.97 Å². The summed E-state index contributed by atoms with van der Waals surface area (Å²) in [5.41, 5.74) is 2.91. The third-order valence-electron chi connectivity index (χ3n) is 6.81. The molecule has 206 valence electrons. The van der Waals surface area contributed by atoms with Crippen molar-refractivity contribution in [2.24, 2.45) is 5.92 Å². The number of nitrogens with zero attached hydrogens (tertiary/aromatic N) is 2. The number of carbonyl (C=O) groups is 2. The van der Waals surface area contributed by atoms with E-state index in [-0.39, 0.29) is 24.5 Å². The predicted molar refractivity (Wildman–Crippen MR) is 151 cm³/mol. The molecule has 2 aliphatic rings. The number of hydrogen-bond acceptors (Lipinski definition) is 10. The van der Waals surface area contributed by atoms with Gasteiger partial charge < -0.3 is 23.9 Å². The molecule has 9 nitrogen and oxygen atoms in total.